The quantitative estimate of drug-likeness (QED) is 0.155. The molecule has 0 saturated carbocycles. The predicted octanol–water partition coefficient (Wildman–Crippen LogP) is 14.6. The number of nitrogens with zero attached hydrogens (tertiary/aromatic N) is 1. The molecule has 1 nitrogen and oxygen atoms in total. The van der Waals surface area contributed by atoms with Crippen LogP contribution in [-0.4, -0.2) is 0 Å². The van der Waals surface area contributed by atoms with Gasteiger partial charge in [-0.05, 0) is 121 Å². The minimum Gasteiger partial charge on any atom is -0.310 e. The fraction of sp³-hybridized carbons (Fsp3) is 0. The Morgan fingerprint density at radius 3 is 0.943 bits per heavy atom. The molecule has 250 valence electrons. The van der Waals surface area contributed by atoms with Crippen molar-refractivity contribution in [2.45, 2.75) is 0 Å². The second-order valence-corrected chi connectivity index (χ2v) is 13.4. The summed E-state index contributed by atoms with van der Waals surface area (Å²) in [6.07, 6.45) is 0. The van der Waals surface area contributed by atoms with Crippen molar-refractivity contribution in [3.05, 3.63) is 224 Å². The molecular formula is C52H37N. The van der Waals surface area contributed by atoms with Gasteiger partial charge < -0.3 is 4.90 Å². The summed E-state index contributed by atoms with van der Waals surface area (Å²) in [5, 5.41) is 2.49. The Hall–Kier alpha value is -6.96. The molecule has 53 heavy (non-hydrogen) atoms. The number of anilines is 3. The highest BCUT2D eigenvalue weighted by molar-refractivity contribution is 5.90. The molecule has 0 aliphatic rings. The number of fused-ring (bicyclic) bond motifs is 1. The van der Waals surface area contributed by atoms with E-state index in [1.54, 1.807) is 0 Å². The zero-order chi connectivity index (χ0) is 35.4. The molecule has 0 unspecified atom stereocenters. The normalized spacial score (nSPS) is 11.0. The Balaban J connectivity index is 1.27. The Labute approximate surface area is 311 Å². The molecule has 0 radical (unpaired) electrons. The second-order valence-electron chi connectivity index (χ2n) is 13.4. The van der Waals surface area contributed by atoms with Crippen LogP contribution in [0.3, 0.4) is 0 Å². The Morgan fingerprint density at radius 2 is 0.528 bits per heavy atom. The fourth-order valence-corrected chi connectivity index (χ4v) is 7.29. The molecule has 0 amide bonds. The van der Waals surface area contributed by atoms with Gasteiger partial charge in [0.05, 0.1) is 0 Å². The van der Waals surface area contributed by atoms with Gasteiger partial charge in [-0.2, -0.15) is 0 Å². The molecule has 0 aliphatic heterocycles. The molecule has 0 bridgehead atoms. The van der Waals surface area contributed by atoms with E-state index >= 15 is 0 Å². The summed E-state index contributed by atoms with van der Waals surface area (Å²) in [5.74, 6) is 0. The van der Waals surface area contributed by atoms with E-state index in [1.807, 2.05) is 0 Å². The number of rotatable bonds is 8. The molecule has 0 aliphatic carbocycles. The van der Waals surface area contributed by atoms with Crippen molar-refractivity contribution < 1.29 is 0 Å². The molecule has 0 saturated heterocycles. The zero-order valence-corrected chi connectivity index (χ0v) is 29.3. The van der Waals surface area contributed by atoms with Crippen LogP contribution < -0.4 is 4.90 Å². The van der Waals surface area contributed by atoms with Crippen LogP contribution in [0.2, 0.25) is 0 Å². The average Bonchev–Trinajstić information content (AvgIpc) is 3.25. The summed E-state index contributed by atoms with van der Waals surface area (Å²) in [5.41, 5.74) is 15.1. The summed E-state index contributed by atoms with van der Waals surface area (Å²) in [6.45, 7) is 0. The highest BCUT2D eigenvalue weighted by Gasteiger charge is 2.18. The molecule has 0 atom stereocenters. The predicted molar refractivity (Wildman–Crippen MR) is 226 cm³/mol. The number of hydrogen-bond acceptors (Lipinski definition) is 1. The van der Waals surface area contributed by atoms with E-state index in [1.165, 1.54) is 66.4 Å². The van der Waals surface area contributed by atoms with Gasteiger partial charge in [-0.3, -0.25) is 0 Å². The van der Waals surface area contributed by atoms with E-state index in [0.29, 0.717) is 0 Å². The maximum absolute atomic E-state index is 2.42. The molecule has 0 spiro atoms. The molecule has 0 N–H and O–H groups in total. The smallest absolute Gasteiger partial charge is 0.0473 e. The van der Waals surface area contributed by atoms with Gasteiger partial charge in [0.2, 0.25) is 0 Å². The van der Waals surface area contributed by atoms with Crippen molar-refractivity contribution in [2.24, 2.45) is 0 Å². The molecule has 0 heterocycles. The van der Waals surface area contributed by atoms with Crippen molar-refractivity contribution in [2.75, 3.05) is 4.90 Å². The van der Waals surface area contributed by atoms with Crippen LogP contribution in [0.4, 0.5) is 17.1 Å². The summed E-state index contributed by atoms with van der Waals surface area (Å²) in [7, 11) is 0. The van der Waals surface area contributed by atoms with Crippen LogP contribution in [0.5, 0.6) is 0 Å². The third-order valence-corrected chi connectivity index (χ3v) is 9.99. The van der Waals surface area contributed by atoms with Crippen LogP contribution in [-0.2, 0) is 0 Å². The van der Waals surface area contributed by atoms with Gasteiger partial charge in [-0.1, -0.05) is 170 Å². The van der Waals surface area contributed by atoms with Gasteiger partial charge in [0.1, 0.15) is 0 Å². The highest BCUT2D eigenvalue weighted by atomic mass is 15.1. The maximum atomic E-state index is 2.42. The van der Waals surface area contributed by atoms with Crippen molar-refractivity contribution in [1.82, 2.24) is 0 Å². The summed E-state index contributed by atoms with van der Waals surface area (Å²) < 4.78 is 0. The lowest BCUT2D eigenvalue weighted by molar-refractivity contribution is 1.28. The first-order valence-corrected chi connectivity index (χ1v) is 18.2. The third kappa shape index (κ3) is 6.77. The maximum Gasteiger partial charge on any atom is 0.0473 e. The van der Waals surface area contributed by atoms with Gasteiger partial charge in [-0.25, -0.2) is 0 Å². The minimum atomic E-state index is 1.09. The van der Waals surface area contributed by atoms with Gasteiger partial charge in [0.15, 0.2) is 0 Å². The first kappa shape index (κ1) is 32.0. The number of hydrogen-bond donors (Lipinski definition) is 0. The molecule has 9 aromatic rings. The van der Waals surface area contributed by atoms with E-state index in [-0.39, 0.29) is 0 Å². The van der Waals surface area contributed by atoms with Gasteiger partial charge in [0.25, 0.3) is 0 Å². The lowest BCUT2D eigenvalue weighted by Gasteiger charge is -2.28. The summed E-state index contributed by atoms with van der Waals surface area (Å²) in [4.78, 5) is 2.42. The fourth-order valence-electron chi connectivity index (χ4n) is 7.29. The first-order valence-electron chi connectivity index (χ1n) is 18.2. The van der Waals surface area contributed by atoms with Crippen LogP contribution in [0.1, 0.15) is 0 Å². The standard InChI is InChI=1S/C52H37N/c1-5-15-38(16-6-1)46-32-47(39-17-7-2-8-18-39)35-51(34-46)53(50-29-27-43(28-30-50)45-26-25-42-23-13-14-24-44(42)31-45)52-36-48(40-19-9-3-10-20-40)33-49(37-52)41-21-11-4-12-22-41/h1-37H. The summed E-state index contributed by atoms with van der Waals surface area (Å²) >= 11 is 0. The average molecular weight is 676 g/mol. The monoisotopic (exact) mass is 675 g/mol. The van der Waals surface area contributed by atoms with Crippen LogP contribution >= 0.6 is 0 Å². The summed E-state index contributed by atoms with van der Waals surface area (Å²) in [6, 6.07) is 81.0. The number of benzene rings is 9. The van der Waals surface area contributed by atoms with E-state index in [4.69, 9.17) is 0 Å². The second kappa shape index (κ2) is 14.3. The largest absolute Gasteiger partial charge is 0.310 e. The van der Waals surface area contributed by atoms with Crippen molar-refractivity contribution in [3.63, 3.8) is 0 Å². The van der Waals surface area contributed by atoms with Crippen molar-refractivity contribution >= 4 is 27.8 Å². The Kier molecular flexibility index (Phi) is 8.66. The van der Waals surface area contributed by atoms with E-state index in [9.17, 15) is 0 Å². The molecular weight excluding hydrogens is 639 g/mol. The molecule has 9 aromatic carbocycles. The first-order chi connectivity index (χ1) is 26.2. The molecule has 0 fully saturated rings. The van der Waals surface area contributed by atoms with Crippen molar-refractivity contribution in [1.29, 1.82) is 0 Å². The van der Waals surface area contributed by atoms with E-state index in [0.717, 1.165) is 17.1 Å². The van der Waals surface area contributed by atoms with Gasteiger partial charge in [0, 0.05) is 17.1 Å². The van der Waals surface area contributed by atoms with Crippen LogP contribution in [0.25, 0.3) is 66.4 Å². The molecule has 1 heteroatoms. The molecule has 9 rings (SSSR count). The van der Waals surface area contributed by atoms with Crippen molar-refractivity contribution in [3.8, 4) is 55.6 Å². The topological polar surface area (TPSA) is 3.24 Å². The van der Waals surface area contributed by atoms with E-state index in [2.05, 4.69) is 229 Å². The lowest BCUT2D eigenvalue weighted by Crippen LogP contribution is -2.11. The zero-order valence-electron chi connectivity index (χ0n) is 29.3. The lowest BCUT2D eigenvalue weighted by atomic mass is 9.95. The Bertz CT molecular complexity index is 2390. The van der Waals surface area contributed by atoms with Gasteiger partial charge >= 0.3 is 0 Å². The molecule has 0 aromatic heterocycles. The minimum absolute atomic E-state index is 1.09. The van der Waals surface area contributed by atoms with Crippen LogP contribution in [0.15, 0.2) is 224 Å². The third-order valence-electron chi connectivity index (χ3n) is 9.99. The van der Waals surface area contributed by atoms with E-state index < -0.39 is 0 Å². The SMILES string of the molecule is c1ccc(-c2cc(-c3ccccc3)cc(N(c3ccc(-c4ccc5ccccc5c4)cc3)c3cc(-c4ccccc4)cc(-c4ccccc4)c3)c2)cc1. The van der Waals surface area contributed by atoms with Crippen LogP contribution in [0, 0.1) is 0 Å². The highest BCUT2D eigenvalue weighted by Crippen LogP contribution is 2.43. The van der Waals surface area contributed by atoms with Gasteiger partial charge in [-0.15, -0.1) is 0 Å². The Morgan fingerprint density at radius 1 is 0.189 bits per heavy atom.